The van der Waals surface area contributed by atoms with Gasteiger partial charge >= 0.3 is 6.03 Å². The van der Waals surface area contributed by atoms with Crippen LogP contribution in [0.4, 0.5) is 10.5 Å². The summed E-state index contributed by atoms with van der Waals surface area (Å²) >= 11 is 0. The Hall–Kier alpha value is -2.28. The number of nitrogens with zero attached hydrogens (tertiary/aromatic N) is 3. The number of aliphatic hydroxyl groups is 1. The lowest BCUT2D eigenvalue weighted by Crippen LogP contribution is -2.36. The number of fused-ring (bicyclic) bond motifs is 1. The molecule has 0 aliphatic rings. The molecule has 7 heteroatoms. The minimum atomic E-state index is -0.692. The highest BCUT2D eigenvalue weighted by Gasteiger charge is 2.15. The fourth-order valence-corrected chi connectivity index (χ4v) is 2.15. The van der Waals surface area contributed by atoms with Crippen molar-refractivity contribution in [2.75, 3.05) is 26.4 Å². The molecule has 1 aromatic carbocycles. The van der Waals surface area contributed by atoms with Gasteiger partial charge in [-0.25, -0.2) is 9.78 Å². The second kappa shape index (κ2) is 6.01. The fraction of sp³-hybridized carbons (Fsp3) is 0.429. The first-order chi connectivity index (χ1) is 9.90. The number of hydrogen-bond donors (Lipinski definition) is 3. The number of carbonyl (C=O) groups excluding carboxylic acids is 1. The zero-order valence-corrected chi connectivity index (χ0v) is 12.5. The van der Waals surface area contributed by atoms with E-state index >= 15 is 0 Å². The first-order valence-corrected chi connectivity index (χ1v) is 6.79. The lowest BCUT2D eigenvalue weighted by molar-refractivity contribution is 0.184. The quantitative estimate of drug-likeness (QED) is 0.730. The van der Waals surface area contributed by atoms with E-state index in [9.17, 15) is 9.90 Å². The Morgan fingerprint density at radius 2 is 2.24 bits per heavy atom. The molecule has 21 heavy (non-hydrogen) atoms. The van der Waals surface area contributed by atoms with Crippen molar-refractivity contribution in [2.45, 2.75) is 19.6 Å². The van der Waals surface area contributed by atoms with Crippen molar-refractivity contribution in [1.82, 2.24) is 19.8 Å². The van der Waals surface area contributed by atoms with Crippen molar-refractivity contribution in [1.29, 1.82) is 0 Å². The summed E-state index contributed by atoms with van der Waals surface area (Å²) in [6, 6.07) is 5.29. The van der Waals surface area contributed by atoms with E-state index in [1.165, 1.54) is 4.90 Å². The van der Waals surface area contributed by atoms with Crippen molar-refractivity contribution in [3.05, 3.63) is 24.0 Å². The number of urea groups is 1. The maximum absolute atomic E-state index is 11.5. The van der Waals surface area contributed by atoms with Crippen molar-refractivity contribution in [3.8, 4) is 0 Å². The molecule has 1 unspecified atom stereocenters. The topological polar surface area (TPSA) is 96.4 Å². The van der Waals surface area contributed by atoms with Crippen molar-refractivity contribution in [3.63, 3.8) is 0 Å². The lowest BCUT2D eigenvalue weighted by atomic mass is 10.3. The van der Waals surface area contributed by atoms with E-state index in [1.807, 2.05) is 10.6 Å². The minimum absolute atomic E-state index is 0.151. The molecule has 0 aliphatic heterocycles. The van der Waals surface area contributed by atoms with Gasteiger partial charge in [0, 0.05) is 32.9 Å². The van der Waals surface area contributed by atoms with Crippen molar-refractivity contribution >= 4 is 22.8 Å². The summed E-state index contributed by atoms with van der Waals surface area (Å²) in [4.78, 5) is 17.4. The van der Waals surface area contributed by atoms with Gasteiger partial charge < -0.3 is 25.6 Å². The fourth-order valence-electron chi connectivity index (χ4n) is 2.15. The largest absolute Gasteiger partial charge is 0.399 e. The maximum atomic E-state index is 11.5. The summed E-state index contributed by atoms with van der Waals surface area (Å²) in [7, 11) is 3.37. The lowest BCUT2D eigenvalue weighted by Gasteiger charge is -2.14. The normalized spacial score (nSPS) is 12.4. The van der Waals surface area contributed by atoms with Gasteiger partial charge in [-0.05, 0) is 25.1 Å². The highest BCUT2D eigenvalue weighted by atomic mass is 16.3. The van der Waals surface area contributed by atoms with E-state index in [1.54, 1.807) is 33.2 Å². The molecule has 2 amide bonds. The van der Waals surface area contributed by atoms with Crippen LogP contribution in [0.15, 0.2) is 18.2 Å². The molecule has 0 aliphatic carbocycles. The minimum Gasteiger partial charge on any atom is -0.399 e. The second-order valence-electron chi connectivity index (χ2n) is 5.17. The van der Waals surface area contributed by atoms with Crippen LogP contribution in [0, 0.1) is 0 Å². The number of nitrogen functional groups attached to an aromatic ring is 1. The molecule has 0 radical (unpaired) electrons. The molecular formula is C14H21N5O2. The second-order valence-corrected chi connectivity index (χ2v) is 5.17. The van der Waals surface area contributed by atoms with Crippen LogP contribution >= 0.6 is 0 Å². The number of aliphatic hydroxyl groups excluding tert-OH is 1. The van der Waals surface area contributed by atoms with Gasteiger partial charge in [-0.1, -0.05) is 0 Å². The number of anilines is 1. The molecule has 1 heterocycles. The van der Waals surface area contributed by atoms with E-state index in [-0.39, 0.29) is 6.03 Å². The molecule has 2 rings (SSSR count). The molecule has 1 aromatic heterocycles. The summed E-state index contributed by atoms with van der Waals surface area (Å²) in [6.07, 6.45) is -0.692. The third kappa shape index (κ3) is 3.25. The molecule has 0 spiro atoms. The molecule has 4 N–H and O–H groups in total. The van der Waals surface area contributed by atoms with Gasteiger partial charge in [0.2, 0.25) is 0 Å². The van der Waals surface area contributed by atoms with Crippen LogP contribution in [0.5, 0.6) is 0 Å². The van der Waals surface area contributed by atoms with Crippen LogP contribution in [0.1, 0.15) is 18.9 Å². The van der Waals surface area contributed by atoms with Crippen LogP contribution in [-0.4, -0.2) is 46.2 Å². The molecule has 0 bridgehead atoms. The van der Waals surface area contributed by atoms with Gasteiger partial charge in [0.05, 0.1) is 11.0 Å². The Morgan fingerprint density at radius 1 is 1.52 bits per heavy atom. The number of benzene rings is 1. The predicted octanol–water partition coefficient (Wildman–Crippen LogP) is 0.943. The molecule has 0 saturated carbocycles. The monoisotopic (exact) mass is 291 g/mol. The van der Waals surface area contributed by atoms with Crippen LogP contribution in [0.3, 0.4) is 0 Å². The summed E-state index contributed by atoms with van der Waals surface area (Å²) in [5.74, 6) is 0.565. The number of hydrogen-bond acceptors (Lipinski definition) is 4. The Bertz CT molecular complexity index is 648. The van der Waals surface area contributed by atoms with Gasteiger partial charge in [-0.15, -0.1) is 0 Å². The molecule has 114 valence electrons. The van der Waals surface area contributed by atoms with Crippen molar-refractivity contribution in [2.24, 2.45) is 0 Å². The molecule has 0 fully saturated rings. The number of rotatable bonds is 4. The van der Waals surface area contributed by atoms with Crippen molar-refractivity contribution < 1.29 is 9.90 Å². The molecule has 2 aromatic rings. The van der Waals surface area contributed by atoms with Gasteiger partial charge in [0.15, 0.2) is 0 Å². The zero-order chi connectivity index (χ0) is 15.6. The summed E-state index contributed by atoms with van der Waals surface area (Å²) in [6.45, 7) is 2.65. The highest BCUT2D eigenvalue weighted by molar-refractivity contribution is 5.79. The summed E-state index contributed by atoms with van der Waals surface area (Å²) < 4.78 is 1.90. The molecular weight excluding hydrogens is 270 g/mol. The van der Waals surface area contributed by atoms with Gasteiger partial charge in [-0.2, -0.15) is 0 Å². The number of imidazole rings is 1. The molecule has 1 atom stereocenters. The van der Waals surface area contributed by atoms with E-state index in [0.717, 1.165) is 11.0 Å². The number of aromatic nitrogens is 2. The first-order valence-electron chi connectivity index (χ1n) is 6.79. The third-order valence-electron chi connectivity index (χ3n) is 3.19. The average Bonchev–Trinajstić information content (AvgIpc) is 2.76. The van der Waals surface area contributed by atoms with E-state index in [2.05, 4.69) is 10.3 Å². The van der Waals surface area contributed by atoms with Gasteiger partial charge in [0.25, 0.3) is 0 Å². The van der Waals surface area contributed by atoms with E-state index in [4.69, 9.17) is 5.73 Å². The van der Waals surface area contributed by atoms with E-state index < -0.39 is 6.10 Å². The highest BCUT2D eigenvalue weighted by Crippen LogP contribution is 2.22. The number of nitrogens with two attached hydrogens (primary N) is 1. The summed E-state index contributed by atoms with van der Waals surface area (Å²) in [5, 5.41) is 12.7. The summed E-state index contributed by atoms with van der Waals surface area (Å²) in [5.41, 5.74) is 8.02. The number of nitrogens with one attached hydrogen (secondary N) is 1. The molecule has 7 nitrogen and oxygen atoms in total. The van der Waals surface area contributed by atoms with Crippen LogP contribution < -0.4 is 11.1 Å². The Balaban J connectivity index is 2.24. The van der Waals surface area contributed by atoms with Crippen LogP contribution in [-0.2, 0) is 6.54 Å². The first kappa shape index (κ1) is 15.1. The van der Waals surface area contributed by atoms with Crippen LogP contribution in [0.25, 0.3) is 11.0 Å². The average molecular weight is 291 g/mol. The number of carbonyl (C=O) groups is 1. The zero-order valence-electron chi connectivity index (χ0n) is 12.5. The SMILES string of the molecule is CC(O)c1nc2cc(N)ccc2n1CCNC(=O)N(C)C. The Labute approximate surface area is 123 Å². The Morgan fingerprint density at radius 3 is 2.86 bits per heavy atom. The predicted molar refractivity (Wildman–Crippen MR) is 81.9 cm³/mol. The van der Waals surface area contributed by atoms with Crippen LogP contribution in [0.2, 0.25) is 0 Å². The van der Waals surface area contributed by atoms with Gasteiger partial charge in [-0.3, -0.25) is 0 Å². The molecule has 0 saturated heterocycles. The van der Waals surface area contributed by atoms with Gasteiger partial charge in [0.1, 0.15) is 11.9 Å². The van der Waals surface area contributed by atoms with E-state index in [0.29, 0.717) is 24.6 Å². The number of amides is 2. The smallest absolute Gasteiger partial charge is 0.316 e. The third-order valence-corrected chi connectivity index (χ3v) is 3.19. The standard InChI is InChI=1S/C14H21N5O2/c1-9(20)13-17-11-8-10(15)4-5-12(11)19(13)7-6-16-14(21)18(2)3/h4-5,8-9,20H,6-7,15H2,1-3H3,(H,16,21). The Kier molecular flexibility index (Phi) is 4.32. The maximum Gasteiger partial charge on any atom is 0.316 e.